The molecule has 3 aromatic rings. The zero-order chi connectivity index (χ0) is 30.1. The molecule has 0 amide bonds. The van der Waals surface area contributed by atoms with Gasteiger partial charge in [-0.3, -0.25) is 9.69 Å². The first-order valence-electron chi connectivity index (χ1n) is 15.8. The summed E-state index contributed by atoms with van der Waals surface area (Å²) >= 11 is 1.62. The Balaban J connectivity index is 1.16. The predicted molar refractivity (Wildman–Crippen MR) is 172 cm³/mol. The third-order valence-electron chi connectivity index (χ3n) is 10.4. The van der Waals surface area contributed by atoms with Gasteiger partial charge in [0.1, 0.15) is 12.4 Å². The zero-order valence-corrected chi connectivity index (χ0v) is 26.8. The third-order valence-corrected chi connectivity index (χ3v) is 11.3. The normalized spacial score (nSPS) is 23.5. The highest BCUT2D eigenvalue weighted by molar-refractivity contribution is 7.14. The maximum Gasteiger partial charge on any atom is 0.309 e. The van der Waals surface area contributed by atoms with Crippen LogP contribution in [0.2, 0.25) is 0 Å². The Hall–Kier alpha value is -2.94. The lowest BCUT2D eigenvalue weighted by atomic mass is 9.73. The fourth-order valence-corrected chi connectivity index (χ4v) is 7.90. The van der Waals surface area contributed by atoms with E-state index >= 15 is 0 Å². The van der Waals surface area contributed by atoms with Crippen LogP contribution in [0.25, 0.3) is 11.3 Å². The number of aromatic nitrogens is 1. The van der Waals surface area contributed by atoms with Crippen molar-refractivity contribution in [3.63, 3.8) is 0 Å². The Morgan fingerprint density at radius 1 is 1.14 bits per heavy atom. The average molecular weight is 604 g/mol. The molecule has 7 nitrogen and oxygen atoms in total. The molecule has 0 aliphatic carbocycles. The summed E-state index contributed by atoms with van der Waals surface area (Å²) in [7, 11) is 0. The van der Waals surface area contributed by atoms with E-state index in [0.717, 1.165) is 79.7 Å². The molecule has 0 saturated carbocycles. The molecule has 230 valence electrons. The van der Waals surface area contributed by atoms with Gasteiger partial charge in [0, 0.05) is 56.4 Å². The van der Waals surface area contributed by atoms with Crippen molar-refractivity contribution in [3.05, 3.63) is 63.5 Å². The van der Waals surface area contributed by atoms with Gasteiger partial charge in [-0.1, -0.05) is 30.7 Å². The molecule has 0 bridgehead atoms. The number of carboxylic acid groups (broad SMARTS) is 1. The molecule has 8 heteroatoms. The second kappa shape index (κ2) is 12.6. The van der Waals surface area contributed by atoms with Gasteiger partial charge < -0.3 is 19.5 Å². The number of anilines is 1. The van der Waals surface area contributed by atoms with Crippen LogP contribution >= 0.6 is 11.3 Å². The molecule has 2 fully saturated rings. The standard InChI is InChI=1S/C35H45N3O4S/c1-23-5-8-32(30(19-23)31-22-43-34(36-31)38-16-13-35(4,33(39)40)24(2)20-38)42-21-27-7-6-26-9-14-37(15-10-29(26)25(27)3)28-11-17-41-18-12-28/h5-8,19,22,24,28H,9-18,20-21H2,1-4H3,(H,39,40)/t24-,35-/m0/s1. The number of benzene rings is 2. The van der Waals surface area contributed by atoms with Crippen molar-refractivity contribution in [1.29, 1.82) is 0 Å². The van der Waals surface area contributed by atoms with E-state index in [-0.39, 0.29) is 5.92 Å². The van der Waals surface area contributed by atoms with Gasteiger partial charge in [0.15, 0.2) is 5.13 Å². The minimum Gasteiger partial charge on any atom is -0.488 e. The van der Waals surface area contributed by atoms with Gasteiger partial charge in [-0.15, -0.1) is 11.3 Å². The summed E-state index contributed by atoms with van der Waals surface area (Å²) in [4.78, 5) is 21.8. The van der Waals surface area contributed by atoms with Crippen molar-refractivity contribution in [3.8, 4) is 17.0 Å². The van der Waals surface area contributed by atoms with E-state index in [1.807, 2.05) is 13.8 Å². The summed E-state index contributed by atoms with van der Waals surface area (Å²) in [5.41, 5.74) is 7.97. The maximum atomic E-state index is 11.9. The number of hydrogen-bond acceptors (Lipinski definition) is 7. The second-order valence-electron chi connectivity index (χ2n) is 13.0. The molecular formula is C35H45N3O4S. The molecular weight excluding hydrogens is 558 g/mol. The van der Waals surface area contributed by atoms with Gasteiger partial charge in [-0.05, 0) is 93.2 Å². The minimum atomic E-state index is -0.706. The first kappa shape index (κ1) is 30.1. The Bertz CT molecular complexity index is 1470. The molecule has 6 rings (SSSR count). The molecule has 43 heavy (non-hydrogen) atoms. The van der Waals surface area contributed by atoms with Crippen molar-refractivity contribution in [2.75, 3.05) is 44.3 Å². The third kappa shape index (κ3) is 6.19. The van der Waals surface area contributed by atoms with E-state index in [4.69, 9.17) is 14.5 Å². The number of carboxylic acids is 1. The summed E-state index contributed by atoms with van der Waals surface area (Å²) in [6.45, 7) is 14.2. The van der Waals surface area contributed by atoms with Crippen LogP contribution < -0.4 is 9.64 Å². The van der Waals surface area contributed by atoms with Crippen molar-refractivity contribution in [2.45, 2.75) is 72.4 Å². The number of piperidine rings is 1. The number of hydrogen-bond donors (Lipinski definition) is 1. The van der Waals surface area contributed by atoms with Crippen LogP contribution in [0.5, 0.6) is 5.75 Å². The number of rotatable bonds is 7. The molecule has 1 N–H and O–H groups in total. The molecule has 4 heterocycles. The van der Waals surface area contributed by atoms with Crippen LogP contribution in [0.4, 0.5) is 5.13 Å². The van der Waals surface area contributed by atoms with Gasteiger partial charge in [0.25, 0.3) is 0 Å². The van der Waals surface area contributed by atoms with Gasteiger partial charge in [-0.2, -0.15) is 0 Å². The SMILES string of the molecule is Cc1ccc(OCc2ccc3c(c2C)CCN(C2CCOCC2)CC3)c(-c2csc(N3CC[C@](C)(C(=O)O)[C@@H](C)C3)n2)c1. The highest BCUT2D eigenvalue weighted by Gasteiger charge is 2.43. The maximum absolute atomic E-state index is 11.9. The number of fused-ring (bicyclic) bond motifs is 1. The molecule has 0 spiro atoms. The summed E-state index contributed by atoms with van der Waals surface area (Å²) in [5, 5.41) is 12.8. The Labute approximate surface area is 259 Å². The Morgan fingerprint density at radius 2 is 1.93 bits per heavy atom. The lowest BCUT2D eigenvalue weighted by molar-refractivity contribution is -0.152. The van der Waals surface area contributed by atoms with E-state index < -0.39 is 11.4 Å². The number of aryl methyl sites for hydroxylation is 1. The Kier molecular flexibility index (Phi) is 8.81. The molecule has 1 aromatic heterocycles. The lowest BCUT2D eigenvalue weighted by Gasteiger charge is -2.41. The highest BCUT2D eigenvalue weighted by Crippen LogP contribution is 2.40. The summed E-state index contributed by atoms with van der Waals surface area (Å²) in [6, 6.07) is 11.6. The van der Waals surface area contributed by atoms with Crippen LogP contribution in [0, 0.1) is 25.2 Å². The summed E-state index contributed by atoms with van der Waals surface area (Å²) in [6.07, 6.45) is 5.11. The number of carbonyl (C=O) groups is 1. The lowest BCUT2D eigenvalue weighted by Crippen LogP contribution is -2.48. The molecule has 2 aromatic carbocycles. The van der Waals surface area contributed by atoms with E-state index in [1.54, 1.807) is 11.3 Å². The van der Waals surface area contributed by atoms with Crippen LogP contribution in [0.15, 0.2) is 35.7 Å². The van der Waals surface area contributed by atoms with Crippen molar-refractivity contribution in [2.24, 2.45) is 11.3 Å². The van der Waals surface area contributed by atoms with Crippen molar-refractivity contribution in [1.82, 2.24) is 9.88 Å². The largest absolute Gasteiger partial charge is 0.488 e. The molecule has 2 atom stereocenters. The molecule has 0 unspecified atom stereocenters. The Morgan fingerprint density at radius 3 is 2.70 bits per heavy atom. The topological polar surface area (TPSA) is 75.1 Å². The summed E-state index contributed by atoms with van der Waals surface area (Å²) < 4.78 is 12.1. The average Bonchev–Trinajstić information content (AvgIpc) is 3.39. The van der Waals surface area contributed by atoms with E-state index in [9.17, 15) is 9.90 Å². The predicted octanol–water partition coefficient (Wildman–Crippen LogP) is 6.52. The first-order valence-corrected chi connectivity index (χ1v) is 16.7. The van der Waals surface area contributed by atoms with Gasteiger partial charge in [-0.25, -0.2) is 4.98 Å². The van der Waals surface area contributed by atoms with E-state index in [0.29, 0.717) is 32.2 Å². The molecule has 3 aliphatic rings. The summed E-state index contributed by atoms with van der Waals surface area (Å²) in [5.74, 6) is 0.175. The van der Waals surface area contributed by atoms with E-state index in [2.05, 4.69) is 59.4 Å². The number of ether oxygens (including phenoxy) is 2. The fourth-order valence-electron chi connectivity index (χ4n) is 7.03. The number of thiazole rings is 1. The minimum absolute atomic E-state index is 0.0399. The van der Waals surface area contributed by atoms with Gasteiger partial charge in [0.05, 0.1) is 11.1 Å². The first-order chi connectivity index (χ1) is 20.7. The highest BCUT2D eigenvalue weighted by atomic mass is 32.1. The number of aliphatic carboxylic acids is 1. The van der Waals surface area contributed by atoms with E-state index in [1.165, 1.54) is 22.3 Å². The van der Waals surface area contributed by atoms with Gasteiger partial charge in [0.2, 0.25) is 0 Å². The van der Waals surface area contributed by atoms with Crippen LogP contribution in [-0.2, 0) is 29.0 Å². The van der Waals surface area contributed by atoms with Crippen molar-refractivity contribution < 1.29 is 19.4 Å². The molecule has 3 aliphatic heterocycles. The van der Waals surface area contributed by atoms with Crippen LogP contribution in [-0.4, -0.2) is 66.4 Å². The second-order valence-corrected chi connectivity index (χ2v) is 13.8. The number of nitrogens with zero attached hydrogens (tertiary/aromatic N) is 3. The zero-order valence-electron chi connectivity index (χ0n) is 26.0. The van der Waals surface area contributed by atoms with Crippen LogP contribution in [0.3, 0.4) is 0 Å². The van der Waals surface area contributed by atoms with Crippen molar-refractivity contribution >= 4 is 22.4 Å². The smallest absolute Gasteiger partial charge is 0.309 e. The quantitative estimate of drug-likeness (QED) is 0.329. The van der Waals surface area contributed by atoms with Crippen LogP contribution in [0.1, 0.15) is 60.9 Å². The fraction of sp³-hybridized carbons (Fsp3) is 0.543. The molecule has 0 radical (unpaired) electrons. The monoisotopic (exact) mass is 603 g/mol. The van der Waals surface area contributed by atoms with Gasteiger partial charge >= 0.3 is 5.97 Å². The molecule has 2 saturated heterocycles.